The van der Waals surface area contributed by atoms with Crippen LogP contribution < -0.4 is 18.9 Å². The molecule has 2 aromatic carbocycles. The lowest BCUT2D eigenvalue weighted by atomic mass is 9.95. The van der Waals surface area contributed by atoms with Crippen molar-refractivity contribution in [1.29, 1.82) is 0 Å². The van der Waals surface area contributed by atoms with Gasteiger partial charge in [0, 0.05) is 20.8 Å². The van der Waals surface area contributed by atoms with Gasteiger partial charge in [-0.05, 0) is 29.8 Å². The lowest BCUT2D eigenvalue weighted by Crippen LogP contribution is -2.22. The highest BCUT2D eigenvalue weighted by Crippen LogP contribution is 2.46. The molecule has 0 aromatic heterocycles. The molecule has 150 valence electrons. The third-order valence-corrected chi connectivity index (χ3v) is 4.02. The van der Waals surface area contributed by atoms with Gasteiger partial charge >= 0.3 is 17.9 Å². The minimum absolute atomic E-state index is 0.0230. The van der Waals surface area contributed by atoms with Gasteiger partial charge in [-0.15, -0.1) is 0 Å². The van der Waals surface area contributed by atoms with E-state index < -0.39 is 24.0 Å². The quantitative estimate of drug-likeness (QED) is 0.571. The zero-order chi connectivity index (χ0) is 21.1. The number of rotatable bonds is 4. The van der Waals surface area contributed by atoms with Crippen molar-refractivity contribution in [2.24, 2.45) is 0 Å². The third-order valence-electron chi connectivity index (χ3n) is 4.02. The molecule has 0 amide bonds. The lowest BCUT2D eigenvalue weighted by molar-refractivity contribution is -0.134. The van der Waals surface area contributed by atoms with E-state index in [1.165, 1.54) is 32.9 Å². The number of fused-ring (bicyclic) bond motifs is 1. The second kappa shape index (κ2) is 8.14. The second-order valence-corrected chi connectivity index (χ2v) is 6.35. The van der Waals surface area contributed by atoms with Crippen LogP contribution in [0.3, 0.4) is 0 Å². The maximum absolute atomic E-state index is 12.7. The number of ether oxygens (including phenoxy) is 4. The Morgan fingerprint density at radius 2 is 1.48 bits per heavy atom. The molecule has 0 unspecified atom stereocenters. The molecule has 0 spiro atoms. The van der Waals surface area contributed by atoms with E-state index in [4.69, 9.17) is 18.9 Å². The van der Waals surface area contributed by atoms with Gasteiger partial charge in [0.2, 0.25) is 5.75 Å². The first-order valence-electron chi connectivity index (χ1n) is 8.76. The Morgan fingerprint density at radius 3 is 2.07 bits per heavy atom. The maximum atomic E-state index is 12.7. The Balaban J connectivity index is 1.98. The number of Topliss-reactive ketones (excluding diaryl/α,β-unsaturated/α-hetero) is 1. The summed E-state index contributed by atoms with van der Waals surface area (Å²) >= 11 is 0. The first kappa shape index (κ1) is 20.1. The topological polar surface area (TPSA) is 105 Å². The summed E-state index contributed by atoms with van der Waals surface area (Å²) in [7, 11) is 0. The summed E-state index contributed by atoms with van der Waals surface area (Å²) in [5.74, 6) is -1.69. The second-order valence-electron chi connectivity index (χ2n) is 6.35. The van der Waals surface area contributed by atoms with Crippen LogP contribution in [0.4, 0.5) is 0 Å². The van der Waals surface area contributed by atoms with Gasteiger partial charge in [-0.1, -0.05) is 12.1 Å². The van der Waals surface area contributed by atoms with Crippen molar-refractivity contribution in [1.82, 2.24) is 0 Å². The number of hydrogen-bond donors (Lipinski definition) is 0. The zero-order valence-corrected chi connectivity index (χ0v) is 16.0. The average Bonchev–Trinajstić information content (AvgIpc) is 2.63. The highest BCUT2D eigenvalue weighted by atomic mass is 16.6. The summed E-state index contributed by atoms with van der Waals surface area (Å²) in [6.45, 7) is 3.69. The van der Waals surface area contributed by atoms with Crippen LogP contribution in [0.1, 0.15) is 49.2 Å². The zero-order valence-electron chi connectivity index (χ0n) is 16.0. The maximum Gasteiger partial charge on any atom is 0.308 e. The van der Waals surface area contributed by atoms with Gasteiger partial charge in [0.05, 0.1) is 12.0 Å². The average molecular weight is 398 g/mol. The Labute approximate surface area is 166 Å². The molecular weight excluding hydrogens is 380 g/mol. The van der Waals surface area contributed by atoms with E-state index in [2.05, 4.69) is 0 Å². The summed E-state index contributed by atoms with van der Waals surface area (Å²) in [6.07, 6.45) is -0.602. The number of carbonyl (C=O) groups excluding carboxylic acids is 4. The molecule has 0 saturated carbocycles. The van der Waals surface area contributed by atoms with E-state index in [1.807, 2.05) is 0 Å². The predicted octanol–water partition coefficient (Wildman–Crippen LogP) is 3.17. The summed E-state index contributed by atoms with van der Waals surface area (Å²) < 4.78 is 21.2. The molecular formula is C21H18O8. The predicted molar refractivity (Wildman–Crippen MR) is 99.1 cm³/mol. The van der Waals surface area contributed by atoms with Crippen LogP contribution in [-0.4, -0.2) is 23.7 Å². The van der Waals surface area contributed by atoms with Gasteiger partial charge in [0.1, 0.15) is 11.9 Å². The Bertz CT molecular complexity index is 990. The van der Waals surface area contributed by atoms with Crippen molar-refractivity contribution >= 4 is 23.7 Å². The fraction of sp³-hybridized carbons (Fsp3) is 0.238. The van der Waals surface area contributed by atoms with Crippen molar-refractivity contribution in [2.45, 2.75) is 33.3 Å². The van der Waals surface area contributed by atoms with Crippen molar-refractivity contribution < 1.29 is 38.1 Å². The normalized spacial score (nSPS) is 15.0. The van der Waals surface area contributed by atoms with Crippen LogP contribution in [0.25, 0.3) is 0 Å². The van der Waals surface area contributed by atoms with E-state index in [1.54, 1.807) is 24.3 Å². The summed E-state index contributed by atoms with van der Waals surface area (Å²) in [4.78, 5) is 46.6. The number of carbonyl (C=O) groups is 4. The van der Waals surface area contributed by atoms with Crippen molar-refractivity contribution in [3.05, 3.63) is 47.5 Å². The molecule has 0 saturated heterocycles. The molecule has 1 atom stereocenters. The first-order chi connectivity index (χ1) is 13.7. The van der Waals surface area contributed by atoms with Crippen LogP contribution in [0, 0.1) is 0 Å². The highest BCUT2D eigenvalue weighted by Gasteiger charge is 2.33. The van der Waals surface area contributed by atoms with E-state index in [9.17, 15) is 19.2 Å². The molecule has 8 nitrogen and oxygen atoms in total. The standard InChI is InChI=1S/C21H18O8/c1-11(22)26-15-6-4-14(5-7-15)19-10-17(25)16-8-9-18(27-12(2)23)21(20(16)29-19)28-13(3)24/h4-9,19H,10H2,1-3H3/t19-/m0/s1. The molecule has 0 aliphatic carbocycles. The Kier molecular flexibility index (Phi) is 5.63. The highest BCUT2D eigenvalue weighted by molar-refractivity contribution is 6.01. The largest absolute Gasteiger partial charge is 0.480 e. The van der Waals surface area contributed by atoms with Crippen LogP contribution in [0.5, 0.6) is 23.0 Å². The van der Waals surface area contributed by atoms with Gasteiger partial charge in [-0.3, -0.25) is 19.2 Å². The van der Waals surface area contributed by atoms with Gasteiger partial charge in [-0.2, -0.15) is 0 Å². The fourth-order valence-electron chi connectivity index (χ4n) is 2.92. The van der Waals surface area contributed by atoms with Crippen molar-refractivity contribution in [2.75, 3.05) is 0 Å². The molecule has 0 N–H and O–H groups in total. The lowest BCUT2D eigenvalue weighted by Gasteiger charge is -2.27. The summed E-state index contributed by atoms with van der Waals surface area (Å²) in [5, 5.41) is 0. The van der Waals surface area contributed by atoms with Crippen molar-refractivity contribution in [3.8, 4) is 23.0 Å². The number of hydrogen-bond acceptors (Lipinski definition) is 8. The van der Waals surface area contributed by atoms with Crippen LogP contribution >= 0.6 is 0 Å². The molecule has 1 heterocycles. The molecule has 3 rings (SSSR count). The summed E-state index contributed by atoms with van der Waals surface area (Å²) in [5.41, 5.74) is 0.886. The Morgan fingerprint density at radius 1 is 0.862 bits per heavy atom. The van der Waals surface area contributed by atoms with E-state index in [0.29, 0.717) is 11.3 Å². The van der Waals surface area contributed by atoms with Gasteiger partial charge < -0.3 is 18.9 Å². The number of esters is 3. The van der Waals surface area contributed by atoms with E-state index >= 15 is 0 Å². The molecule has 2 aromatic rings. The molecule has 1 aliphatic heterocycles. The van der Waals surface area contributed by atoms with E-state index in [-0.39, 0.29) is 35.0 Å². The SMILES string of the molecule is CC(=O)Oc1ccc([C@@H]2CC(=O)c3ccc(OC(C)=O)c(OC(C)=O)c3O2)cc1. The van der Waals surface area contributed by atoms with Crippen LogP contribution in [0.15, 0.2) is 36.4 Å². The number of ketones is 1. The van der Waals surface area contributed by atoms with Gasteiger partial charge in [0.15, 0.2) is 17.3 Å². The monoisotopic (exact) mass is 398 g/mol. The summed E-state index contributed by atoms with van der Waals surface area (Å²) in [6, 6.07) is 9.35. The minimum Gasteiger partial charge on any atom is -0.480 e. The molecule has 29 heavy (non-hydrogen) atoms. The molecule has 1 aliphatic rings. The van der Waals surface area contributed by atoms with E-state index in [0.717, 1.165) is 0 Å². The van der Waals surface area contributed by atoms with Crippen molar-refractivity contribution in [3.63, 3.8) is 0 Å². The molecule has 8 heteroatoms. The molecule has 0 bridgehead atoms. The molecule has 0 radical (unpaired) electrons. The Hall–Kier alpha value is -3.68. The van der Waals surface area contributed by atoms with Crippen LogP contribution in [-0.2, 0) is 14.4 Å². The van der Waals surface area contributed by atoms with Crippen LogP contribution in [0.2, 0.25) is 0 Å². The third kappa shape index (κ3) is 4.60. The number of benzene rings is 2. The fourth-order valence-corrected chi connectivity index (χ4v) is 2.92. The molecule has 0 fully saturated rings. The minimum atomic E-state index is -0.664. The first-order valence-corrected chi connectivity index (χ1v) is 8.76. The van der Waals surface area contributed by atoms with Gasteiger partial charge in [0.25, 0.3) is 0 Å². The smallest absolute Gasteiger partial charge is 0.308 e. The van der Waals surface area contributed by atoms with Gasteiger partial charge in [-0.25, -0.2) is 0 Å².